The summed E-state index contributed by atoms with van der Waals surface area (Å²) in [6.07, 6.45) is 8.54. The van der Waals surface area contributed by atoms with Crippen LogP contribution in [0.1, 0.15) is 38.5 Å². The smallest absolute Gasteiger partial charge is 0.153 e. The van der Waals surface area contributed by atoms with E-state index in [9.17, 15) is 0 Å². The van der Waals surface area contributed by atoms with E-state index in [4.69, 9.17) is 18.9 Å². The maximum Gasteiger partial charge on any atom is 0.153 e. The predicted molar refractivity (Wildman–Crippen MR) is 99.6 cm³/mol. The van der Waals surface area contributed by atoms with Gasteiger partial charge in [-0.3, -0.25) is 0 Å². The van der Waals surface area contributed by atoms with Crippen molar-refractivity contribution < 1.29 is 18.9 Å². The molecule has 0 radical (unpaired) electrons. The molecular formula is C16H38O4Si2. The van der Waals surface area contributed by atoms with Crippen LogP contribution in [0.2, 0.25) is 24.2 Å². The molecule has 0 atom stereocenters. The van der Waals surface area contributed by atoms with Gasteiger partial charge < -0.3 is 18.9 Å². The first-order chi connectivity index (χ1) is 10.8. The number of unbranched alkanes of at least 4 members (excludes halogenated alkanes) is 5. The standard InChI is InChI=1S/C16H38O4Si2/c1-17-15(18-2)13-21-11-9-7-5-6-8-10-12-22-14-16(19-3)20-4/h15-16H,5-14,21-22H2,1-4H3. The first kappa shape index (κ1) is 22.3. The van der Waals surface area contributed by atoms with E-state index in [1.54, 1.807) is 28.4 Å². The summed E-state index contributed by atoms with van der Waals surface area (Å²) >= 11 is 0. The van der Waals surface area contributed by atoms with E-state index in [0.29, 0.717) is 0 Å². The summed E-state index contributed by atoms with van der Waals surface area (Å²) in [5.41, 5.74) is 0. The minimum atomic E-state index is 0.0103. The summed E-state index contributed by atoms with van der Waals surface area (Å²) in [7, 11) is 6.95. The van der Waals surface area contributed by atoms with Crippen LogP contribution in [-0.4, -0.2) is 60.1 Å². The third-order valence-electron chi connectivity index (χ3n) is 4.18. The molecule has 0 saturated carbocycles. The average Bonchev–Trinajstić information content (AvgIpc) is 2.55. The monoisotopic (exact) mass is 350 g/mol. The second-order valence-corrected chi connectivity index (χ2v) is 9.90. The van der Waals surface area contributed by atoms with E-state index >= 15 is 0 Å². The lowest BCUT2D eigenvalue weighted by molar-refractivity contribution is -0.0878. The first-order valence-corrected chi connectivity index (χ1v) is 12.9. The van der Waals surface area contributed by atoms with Crippen molar-refractivity contribution in [1.82, 2.24) is 0 Å². The van der Waals surface area contributed by atoms with E-state index in [0.717, 1.165) is 12.1 Å². The normalized spacial score (nSPS) is 12.8. The topological polar surface area (TPSA) is 36.9 Å². The molecule has 0 N–H and O–H groups in total. The Morgan fingerprint density at radius 3 is 1.18 bits per heavy atom. The molecule has 0 aliphatic carbocycles. The van der Waals surface area contributed by atoms with Crippen molar-refractivity contribution in [3.63, 3.8) is 0 Å². The Labute approximate surface area is 142 Å². The van der Waals surface area contributed by atoms with Gasteiger partial charge in [0.15, 0.2) is 12.6 Å². The molecule has 22 heavy (non-hydrogen) atoms. The van der Waals surface area contributed by atoms with Gasteiger partial charge in [-0.2, -0.15) is 0 Å². The Bertz CT molecular complexity index is 190. The lowest BCUT2D eigenvalue weighted by atomic mass is 10.1. The van der Waals surface area contributed by atoms with Crippen LogP contribution in [-0.2, 0) is 18.9 Å². The van der Waals surface area contributed by atoms with Gasteiger partial charge in [-0.15, -0.1) is 0 Å². The van der Waals surface area contributed by atoms with Crippen molar-refractivity contribution in [2.24, 2.45) is 0 Å². The predicted octanol–water partition coefficient (Wildman–Crippen LogP) is 2.58. The average molecular weight is 351 g/mol. The highest BCUT2D eigenvalue weighted by molar-refractivity contribution is 6.35. The van der Waals surface area contributed by atoms with Gasteiger partial charge in [0.25, 0.3) is 0 Å². The van der Waals surface area contributed by atoms with Gasteiger partial charge in [0.2, 0.25) is 0 Å². The minimum Gasteiger partial charge on any atom is -0.356 e. The van der Waals surface area contributed by atoms with Crippen molar-refractivity contribution in [3.05, 3.63) is 0 Å². The zero-order chi connectivity index (χ0) is 16.5. The lowest BCUT2D eigenvalue weighted by Gasteiger charge is -2.12. The molecule has 0 rings (SSSR count). The fourth-order valence-corrected chi connectivity index (χ4v) is 6.30. The summed E-state index contributed by atoms with van der Waals surface area (Å²) in [5.74, 6) is 0. The maximum absolute atomic E-state index is 5.22. The second kappa shape index (κ2) is 17.6. The third-order valence-corrected chi connectivity index (χ3v) is 7.94. The molecule has 0 spiro atoms. The summed E-state index contributed by atoms with van der Waals surface area (Å²) in [6, 6.07) is 5.18. The van der Waals surface area contributed by atoms with Gasteiger partial charge >= 0.3 is 0 Å². The van der Waals surface area contributed by atoms with Crippen molar-refractivity contribution in [1.29, 1.82) is 0 Å². The number of methoxy groups -OCH3 is 4. The highest BCUT2D eigenvalue weighted by Gasteiger charge is 2.05. The lowest BCUT2D eigenvalue weighted by Crippen LogP contribution is -2.14. The van der Waals surface area contributed by atoms with Gasteiger partial charge in [0, 0.05) is 47.5 Å². The Hall–Kier alpha value is 0.274. The SMILES string of the molecule is COC(C[SiH2]CCCCCCCC[SiH2]CC(OC)OC)OC. The number of ether oxygens (including phenoxy) is 4. The van der Waals surface area contributed by atoms with Crippen LogP contribution in [0, 0.1) is 0 Å². The van der Waals surface area contributed by atoms with E-state index in [-0.39, 0.29) is 31.6 Å². The molecule has 134 valence electrons. The molecular weight excluding hydrogens is 312 g/mol. The fourth-order valence-electron chi connectivity index (χ4n) is 2.70. The molecule has 0 aliphatic heterocycles. The van der Waals surface area contributed by atoms with Crippen LogP contribution >= 0.6 is 0 Å². The van der Waals surface area contributed by atoms with Crippen LogP contribution in [0.15, 0.2) is 0 Å². The Balaban J connectivity index is 3.14. The van der Waals surface area contributed by atoms with Crippen molar-refractivity contribution in [2.75, 3.05) is 28.4 Å². The molecule has 0 fully saturated rings. The van der Waals surface area contributed by atoms with Crippen molar-refractivity contribution in [2.45, 2.75) is 75.3 Å². The molecule has 0 unspecified atom stereocenters. The highest BCUT2D eigenvalue weighted by atomic mass is 28.2. The summed E-state index contributed by atoms with van der Waals surface area (Å²) < 4.78 is 20.9. The van der Waals surface area contributed by atoms with Gasteiger partial charge in [0.05, 0.1) is 0 Å². The largest absolute Gasteiger partial charge is 0.356 e. The molecule has 6 heteroatoms. The maximum atomic E-state index is 5.22. The molecule has 0 aliphatic rings. The number of hydrogen-bond donors (Lipinski definition) is 0. The van der Waals surface area contributed by atoms with E-state index in [2.05, 4.69) is 0 Å². The Kier molecular flexibility index (Phi) is 17.8. The van der Waals surface area contributed by atoms with Gasteiger partial charge in [-0.25, -0.2) is 0 Å². The van der Waals surface area contributed by atoms with Gasteiger partial charge in [0.1, 0.15) is 0 Å². The molecule has 0 aromatic heterocycles. The molecule has 0 aromatic carbocycles. The zero-order valence-electron chi connectivity index (χ0n) is 15.3. The Morgan fingerprint density at radius 2 is 0.864 bits per heavy atom. The van der Waals surface area contributed by atoms with Crippen LogP contribution in [0.25, 0.3) is 0 Å². The quantitative estimate of drug-likeness (QED) is 0.229. The fraction of sp³-hybridized carbons (Fsp3) is 1.00. The molecule has 0 heterocycles. The van der Waals surface area contributed by atoms with Crippen molar-refractivity contribution in [3.8, 4) is 0 Å². The van der Waals surface area contributed by atoms with E-state index < -0.39 is 0 Å². The van der Waals surface area contributed by atoms with Gasteiger partial charge in [-0.05, 0) is 12.1 Å². The van der Waals surface area contributed by atoms with Crippen LogP contribution in [0.5, 0.6) is 0 Å². The van der Waals surface area contributed by atoms with Crippen LogP contribution < -0.4 is 0 Å². The number of hydrogen-bond acceptors (Lipinski definition) is 4. The first-order valence-electron chi connectivity index (χ1n) is 8.89. The molecule has 0 bridgehead atoms. The zero-order valence-corrected chi connectivity index (χ0v) is 18.1. The molecule has 4 nitrogen and oxygen atoms in total. The molecule has 0 amide bonds. The van der Waals surface area contributed by atoms with E-state index in [1.165, 1.54) is 50.6 Å². The highest BCUT2D eigenvalue weighted by Crippen LogP contribution is 2.11. The van der Waals surface area contributed by atoms with Crippen LogP contribution in [0.4, 0.5) is 0 Å². The Morgan fingerprint density at radius 1 is 0.545 bits per heavy atom. The molecule has 0 saturated heterocycles. The summed E-state index contributed by atoms with van der Waals surface area (Å²) in [5, 5.41) is 0. The van der Waals surface area contributed by atoms with Gasteiger partial charge in [-0.1, -0.05) is 50.6 Å². The minimum absolute atomic E-state index is 0.0103. The second-order valence-electron chi connectivity index (χ2n) is 5.91. The van der Waals surface area contributed by atoms with E-state index in [1.807, 2.05) is 0 Å². The summed E-state index contributed by atoms with van der Waals surface area (Å²) in [6.45, 7) is 0. The summed E-state index contributed by atoms with van der Waals surface area (Å²) in [4.78, 5) is 0. The third kappa shape index (κ3) is 13.9. The number of rotatable bonds is 17. The van der Waals surface area contributed by atoms with Crippen LogP contribution in [0.3, 0.4) is 0 Å². The molecule has 0 aromatic rings. The van der Waals surface area contributed by atoms with Crippen molar-refractivity contribution >= 4 is 19.0 Å².